The Labute approximate surface area is 217 Å². The van der Waals surface area contributed by atoms with E-state index in [4.69, 9.17) is 4.74 Å². The first-order valence-corrected chi connectivity index (χ1v) is 13.2. The van der Waals surface area contributed by atoms with Crippen molar-refractivity contribution in [3.63, 3.8) is 0 Å². The highest BCUT2D eigenvalue weighted by molar-refractivity contribution is 9.10. The Morgan fingerprint density at radius 2 is 1.72 bits per heavy atom. The van der Waals surface area contributed by atoms with E-state index in [1.165, 1.54) is 36.2 Å². The molecule has 4 saturated carbocycles. The molecule has 1 aromatic heterocycles. The summed E-state index contributed by atoms with van der Waals surface area (Å²) >= 11 is 3.54. The van der Waals surface area contributed by atoms with E-state index in [0.717, 1.165) is 41.5 Å². The van der Waals surface area contributed by atoms with E-state index in [-0.39, 0.29) is 23.5 Å². The minimum absolute atomic E-state index is 0.0926. The minimum Gasteiger partial charge on any atom is -0.478 e. The largest absolute Gasteiger partial charge is 0.478 e. The van der Waals surface area contributed by atoms with E-state index in [0.29, 0.717) is 17.1 Å². The Kier molecular flexibility index (Phi) is 5.92. The fourth-order valence-electron chi connectivity index (χ4n) is 6.68. The van der Waals surface area contributed by atoms with Crippen LogP contribution in [0.15, 0.2) is 53.0 Å². The predicted octanol–water partition coefficient (Wildman–Crippen LogP) is 5.47. The number of carbonyl (C=O) groups excluding carboxylic acids is 1. The van der Waals surface area contributed by atoms with Crippen molar-refractivity contribution in [3.05, 3.63) is 70.0 Å². The Bertz CT molecular complexity index is 1300. The van der Waals surface area contributed by atoms with Crippen LogP contribution in [0, 0.1) is 17.8 Å². The molecule has 4 fully saturated rings. The number of ether oxygens (including phenoxy) is 1. The van der Waals surface area contributed by atoms with Crippen molar-refractivity contribution in [3.8, 4) is 5.69 Å². The fourth-order valence-corrected chi connectivity index (χ4v) is 7.12. The van der Waals surface area contributed by atoms with Crippen molar-refractivity contribution in [2.45, 2.75) is 50.7 Å². The summed E-state index contributed by atoms with van der Waals surface area (Å²) < 4.78 is 7.41. The van der Waals surface area contributed by atoms with E-state index in [1.807, 2.05) is 24.3 Å². The second kappa shape index (κ2) is 9.12. The lowest BCUT2D eigenvalue weighted by Crippen LogP contribution is -2.51. The van der Waals surface area contributed by atoms with Gasteiger partial charge in [0.25, 0.3) is 5.91 Å². The highest BCUT2D eigenvalue weighted by Gasteiger charge is 2.51. The Morgan fingerprint density at radius 1 is 1.03 bits per heavy atom. The van der Waals surface area contributed by atoms with Gasteiger partial charge >= 0.3 is 5.97 Å². The molecule has 4 aliphatic rings. The van der Waals surface area contributed by atoms with E-state index in [2.05, 4.69) is 31.4 Å². The summed E-state index contributed by atoms with van der Waals surface area (Å²) in [5.41, 5.74) is 1.68. The number of hydrogen-bond acceptors (Lipinski definition) is 5. The van der Waals surface area contributed by atoms with Gasteiger partial charge in [0.05, 0.1) is 23.5 Å². The number of halogens is 1. The summed E-state index contributed by atoms with van der Waals surface area (Å²) in [5.74, 6) is 0.722. The second-order valence-corrected chi connectivity index (χ2v) is 11.3. The van der Waals surface area contributed by atoms with Crippen LogP contribution in [0.25, 0.3) is 5.69 Å². The van der Waals surface area contributed by atoms with Crippen LogP contribution in [0.2, 0.25) is 0 Å². The third-order valence-electron chi connectivity index (χ3n) is 7.83. The number of nitrogens with one attached hydrogen (secondary N) is 1. The van der Waals surface area contributed by atoms with Crippen LogP contribution in [-0.2, 0) is 11.3 Å². The molecule has 2 aromatic carbocycles. The number of amides is 1. The molecule has 9 heteroatoms. The minimum atomic E-state index is -1.06. The van der Waals surface area contributed by atoms with Gasteiger partial charge in [-0.15, -0.1) is 15.0 Å². The number of carbonyl (C=O) groups is 2. The molecule has 1 heterocycles. The van der Waals surface area contributed by atoms with Crippen molar-refractivity contribution in [1.82, 2.24) is 15.0 Å². The predicted molar refractivity (Wildman–Crippen MR) is 136 cm³/mol. The molecule has 4 bridgehead atoms. The molecule has 4 aliphatic carbocycles. The topological polar surface area (TPSA) is 106 Å². The quantitative estimate of drug-likeness (QED) is 0.404. The number of benzene rings is 2. The second-order valence-electron chi connectivity index (χ2n) is 10.5. The molecule has 0 radical (unpaired) electrons. The van der Waals surface area contributed by atoms with E-state index in [9.17, 15) is 14.7 Å². The zero-order valence-electron chi connectivity index (χ0n) is 19.7. The summed E-state index contributed by atoms with van der Waals surface area (Å²) in [6.07, 6.45) is 7.22. The highest BCUT2D eigenvalue weighted by atomic mass is 79.9. The van der Waals surface area contributed by atoms with Gasteiger partial charge in [0.2, 0.25) is 0 Å². The molecule has 1 amide bonds. The van der Waals surface area contributed by atoms with Gasteiger partial charge in [-0.2, -0.15) is 0 Å². The van der Waals surface area contributed by atoms with Gasteiger partial charge in [0.15, 0.2) is 5.69 Å². The van der Waals surface area contributed by atoms with E-state index < -0.39 is 11.9 Å². The third kappa shape index (κ3) is 4.46. The molecule has 0 atom stereocenters. The summed E-state index contributed by atoms with van der Waals surface area (Å²) in [6, 6.07) is 13.7. The van der Waals surface area contributed by atoms with Gasteiger partial charge in [-0.3, -0.25) is 4.79 Å². The molecular weight excluding hydrogens is 524 g/mol. The maximum Gasteiger partial charge on any atom is 0.335 e. The number of para-hydroxylation sites is 1. The molecule has 0 saturated heterocycles. The summed E-state index contributed by atoms with van der Waals surface area (Å²) in [5, 5.41) is 21.3. The van der Waals surface area contributed by atoms with Crippen LogP contribution in [0.4, 0.5) is 5.69 Å². The first kappa shape index (κ1) is 23.4. The van der Waals surface area contributed by atoms with Gasteiger partial charge in [-0.1, -0.05) is 18.2 Å². The number of carboxylic acid groups (broad SMARTS) is 1. The lowest BCUT2D eigenvalue weighted by molar-refractivity contribution is -0.169. The SMILES string of the molecule is O=C(O)c1cccc(NC(=O)c2nn(-c3ccccc3Br)nc2COC23CC4CC(CC(C4)C2)C3)c1. The number of hydrogen-bond donors (Lipinski definition) is 2. The lowest BCUT2D eigenvalue weighted by Gasteiger charge is -2.56. The molecule has 7 rings (SSSR count). The Balaban J connectivity index is 1.29. The summed E-state index contributed by atoms with van der Waals surface area (Å²) in [6.45, 7) is 0.203. The highest BCUT2D eigenvalue weighted by Crippen LogP contribution is 2.57. The van der Waals surface area contributed by atoms with Crippen LogP contribution in [0.1, 0.15) is 65.1 Å². The molecule has 0 spiro atoms. The standard InChI is InChI=1S/C27H27BrN4O4/c28-21-6-1-2-7-23(21)32-30-22(15-36-27-12-16-8-17(13-27)10-18(9-16)14-27)24(31-32)25(33)29-20-5-3-4-19(11-20)26(34)35/h1-7,11,16-18H,8-10,12-15H2,(H,29,33)(H,34,35). The van der Waals surface area contributed by atoms with Crippen LogP contribution >= 0.6 is 15.9 Å². The number of rotatable bonds is 7. The number of nitrogens with zero attached hydrogens (tertiary/aromatic N) is 3. The van der Waals surface area contributed by atoms with Crippen LogP contribution in [-0.4, -0.2) is 37.6 Å². The maximum atomic E-state index is 13.3. The third-order valence-corrected chi connectivity index (χ3v) is 8.50. The van der Waals surface area contributed by atoms with Crippen molar-refractivity contribution >= 4 is 33.5 Å². The maximum absolute atomic E-state index is 13.3. The van der Waals surface area contributed by atoms with Crippen molar-refractivity contribution in [2.24, 2.45) is 17.8 Å². The smallest absolute Gasteiger partial charge is 0.335 e. The van der Waals surface area contributed by atoms with Crippen molar-refractivity contribution in [1.29, 1.82) is 0 Å². The van der Waals surface area contributed by atoms with Gasteiger partial charge < -0.3 is 15.2 Å². The Hall–Kier alpha value is -3.04. The molecule has 2 N–H and O–H groups in total. The van der Waals surface area contributed by atoms with Crippen LogP contribution in [0.3, 0.4) is 0 Å². The molecule has 8 nitrogen and oxygen atoms in total. The van der Waals surface area contributed by atoms with Crippen LogP contribution in [0.5, 0.6) is 0 Å². The molecular formula is C27H27BrN4O4. The van der Waals surface area contributed by atoms with Crippen molar-refractivity contribution in [2.75, 3.05) is 5.32 Å². The van der Waals surface area contributed by atoms with Gasteiger partial charge in [0, 0.05) is 10.2 Å². The zero-order chi connectivity index (χ0) is 24.9. The van der Waals surface area contributed by atoms with Crippen molar-refractivity contribution < 1.29 is 19.4 Å². The first-order chi connectivity index (χ1) is 17.4. The number of aromatic nitrogens is 3. The Morgan fingerprint density at radius 3 is 2.39 bits per heavy atom. The van der Waals surface area contributed by atoms with Crippen LogP contribution < -0.4 is 5.32 Å². The van der Waals surface area contributed by atoms with E-state index >= 15 is 0 Å². The molecule has 0 aliphatic heterocycles. The molecule has 186 valence electrons. The van der Waals surface area contributed by atoms with Gasteiger partial charge in [0.1, 0.15) is 5.69 Å². The average molecular weight is 551 g/mol. The fraction of sp³-hybridized carbons (Fsp3) is 0.407. The number of anilines is 1. The summed E-state index contributed by atoms with van der Waals surface area (Å²) in [4.78, 5) is 26.1. The lowest BCUT2D eigenvalue weighted by atomic mass is 9.54. The zero-order valence-corrected chi connectivity index (χ0v) is 21.3. The monoisotopic (exact) mass is 550 g/mol. The summed E-state index contributed by atoms with van der Waals surface area (Å²) in [7, 11) is 0. The average Bonchev–Trinajstić information content (AvgIpc) is 3.27. The number of carboxylic acids is 1. The molecule has 36 heavy (non-hydrogen) atoms. The molecule has 0 unspecified atom stereocenters. The van der Waals surface area contributed by atoms with E-state index in [1.54, 1.807) is 12.1 Å². The first-order valence-electron chi connectivity index (χ1n) is 12.4. The van der Waals surface area contributed by atoms with Gasteiger partial charge in [-0.05, 0) is 103 Å². The normalized spacial score (nSPS) is 26.2. The van der Waals surface area contributed by atoms with Gasteiger partial charge in [-0.25, -0.2) is 4.79 Å². The molecule has 3 aromatic rings. The number of aromatic carboxylic acids is 1.